The Kier molecular flexibility index (Phi) is 3.55. The number of benzene rings is 1. The van der Waals surface area contributed by atoms with Gasteiger partial charge in [0.2, 0.25) is 0 Å². The van der Waals surface area contributed by atoms with E-state index in [0.29, 0.717) is 5.92 Å². The Balaban J connectivity index is 2.24. The number of aryl methyl sites for hydroxylation is 1. The number of hydrogen-bond donors (Lipinski definition) is 0. The SMILES string of the molecule is Cc1ccc(/C2=C/CCCC(C)C=N2)cc1. The average molecular weight is 213 g/mol. The Morgan fingerprint density at radius 2 is 1.94 bits per heavy atom. The quantitative estimate of drug-likeness (QED) is 0.662. The van der Waals surface area contributed by atoms with Gasteiger partial charge in [0.25, 0.3) is 0 Å². The van der Waals surface area contributed by atoms with Gasteiger partial charge >= 0.3 is 0 Å². The number of allylic oxidation sites excluding steroid dienone is 1. The molecule has 1 heteroatoms. The van der Waals surface area contributed by atoms with Crippen molar-refractivity contribution in [3.8, 4) is 0 Å². The molecule has 84 valence electrons. The van der Waals surface area contributed by atoms with Crippen molar-refractivity contribution in [1.29, 1.82) is 0 Å². The minimum absolute atomic E-state index is 0.606. The van der Waals surface area contributed by atoms with Crippen LogP contribution in [0, 0.1) is 12.8 Å². The first-order valence-electron chi connectivity index (χ1n) is 6.07. The van der Waals surface area contributed by atoms with Gasteiger partial charge in [-0.3, -0.25) is 4.99 Å². The van der Waals surface area contributed by atoms with E-state index in [1.54, 1.807) is 0 Å². The second-order valence-corrected chi connectivity index (χ2v) is 4.64. The molecule has 1 atom stereocenters. The summed E-state index contributed by atoms with van der Waals surface area (Å²) in [5, 5.41) is 0. The van der Waals surface area contributed by atoms with Crippen molar-refractivity contribution in [2.45, 2.75) is 33.1 Å². The summed E-state index contributed by atoms with van der Waals surface area (Å²) in [6.45, 7) is 4.35. The summed E-state index contributed by atoms with van der Waals surface area (Å²) in [6, 6.07) is 8.61. The van der Waals surface area contributed by atoms with Gasteiger partial charge in [-0.1, -0.05) is 42.8 Å². The molecular weight excluding hydrogens is 194 g/mol. The Bertz CT molecular complexity index is 398. The minimum Gasteiger partial charge on any atom is -0.261 e. The van der Waals surface area contributed by atoms with E-state index in [-0.39, 0.29) is 0 Å². The topological polar surface area (TPSA) is 12.4 Å². The lowest BCUT2D eigenvalue weighted by atomic mass is 10.0. The van der Waals surface area contributed by atoms with Crippen molar-refractivity contribution in [2.24, 2.45) is 10.9 Å². The molecule has 1 aliphatic rings. The fourth-order valence-electron chi connectivity index (χ4n) is 1.93. The summed E-state index contributed by atoms with van der Waals surface area (Å²) in [5.41, 5.74) is 3.66. The van der Waals surface area contributed by atoms with Crippen LogP contribution in [0.4, 0.5) is 0 Å². The summed E-state index contributed by atoms with van der Waals surface area (Å²) < 4.78 is 0. The van der Waals surface area contributed by atoms with Gasteiger partial charge < -0.3 is 0 Å². The second kappa shape index (κ2) is 5.11. The molecule has 1 aliphatic heterocycles. The average Bonchev–Trinajstić information content (AvgIpc) is 2.26. The summed E-state index contributed by atoms with van der Waals surface area (Å²) in [4.78, 5) is 4.60. The summed E-state index contributed by atoms with van der Waals surface area (Å²) in [6.07, 6.45) is 8.01. The lowest BCUT2D eigenvalue weighted by Gasteiger charge is -2.10. The van der Waals surface area contributed by atoms with Crippen LogP contribution < -0.4 is 0 Å². The second-order valence-electron chi connectivity index (χ2n) is 4.64. The Hall–Kier alpha value is -1.37. The molecule has 0 aromatic heterocycles. The normalized spacial score (nSPS) is 24.4. The third kappa shape index (κ3) is 2.82. The van der Waals surface area contributed by atoms with Crippen LogP contribution in [0.2, 0.25) is 0 Å². The highest BCUT2D eigenvalue weighted by Crippen LogP contribution is 2.21. The molecule has 1 aromatic carbocycles. The van der Waals surface area contributed by atoms with Gasteiger partial charge in [-0.25, -0.2) is 0 Å². The zero-order chi connectivity index (χ0) is 11.4. The largest absolute Gasteiger partial charge is 0.261 e. The van der Waals surface area contributed by atoms with Crippen LogP contribution in [-0.2, 0) is 0 Å². The molecule has 0 saturated carbocycles. The molecule has 0 N–H and O–H groups in total. The molecule has 1 aromatic rings. The van der Waals surface area contributed by atoms with Crippen molar-refractivity contribution >= 4 is 11.9 Å². The number of hydrogen-bond acceptors (Lipinski definition) is 1. The Morgan fingerprint density at radius 1 is 1.19 bits per heavy atom. The molecular formula is C15H19N. The molecule has 0 radical (unpaired) electrons. The van der Waals surface area contributed by atoms with E-state index in [2.05, 4.69) is 55.4 Å². The van der Waals surface area contributed by atoms with Crippen LogP contribution >= 0.6 is 0 Å². The molecule has 2 rings (SSSR count). The van der Waals surface area contributed by atoms with Crippen molar-refractivity contribution in [2.75, 3.05) is 0 Å². The summed E-state index contributed by atoms with van der Waals surface area (Å²) >= 11 is 0. The van der Waals surface area contributed by atoms with Gasteiger partial charge in [-0.15, -0.1) is 0 Å². The molecule has 1 unspecified atom stereocenters. The highest BCUT2D eigenvalue weighted by molar-refractivity contribution is 5.75. The smallest absolute Gasteiger partial charge is 0.0658 e. The van der Waals surface area contributed by atoms with E-state index >= 15 is 0 Å². The van der Waals surface area contributed by atoms with E-state index < -0.39 is 0 Å². The highest BCUT2D eigenvalue weighted by atomic mass is 14.7. The maximum absolute atomic E-state index is 4.60. The zero-order valence-corrected chi connectivity index (χ0v) is 10.1. The van der Waals surface area contributed by atoms with Gasteiger partial charge in [0.15, 0.2) is 0 Å². The van der Waals surface area contributed by atoms with E-state index in [4.69, 9.17) is 0 Å². The molecule has 0 fully saturated rings. The first-order chi connectivity index (χ1) is 7.75. The first kappa shape index (κ1) is 11.1. The first-order valence-corrected chi connectivity index (χ1v) is 6.07. The summed E-state index contributed by atoms with van der Waals surface area (Å²) in [7, 11) is 0. The van der Waals surface area contributed by atoms with Crippen LogP contribution in [0.3, 0.4) is 0 Å². The van der Waals surface area contributed by atoms with E-state index in [9.17, 15) is 0 Å². The van der Waals surface area contributed by atoms with Gasteiger partial charge in [0, 0.05) is 6.21 Å². The molecule has 0 saturated heterocycles. The van der Waals surface area contributed by atoms with E-state index in [1.807, 2.05) is 0 Å². The molecule has 0 aliphatic carbocycles. The lowest BCUT2D eigenvalue weighted by Crippen LogP contribution is -1.98. The zero-order valence-electron chi connectivity index (χ0n) is 10.1. The summed E-state index contributed by atoms with van der Waals surface area (Å²) in [5.74, 6) is 0.606. The maximum atomic E-state index is 4.60. The van der Waals surface area contributed by atoms with Crippen LogP contribution in [0.1, 0.15) is 37.3 Å². The highest BCUT2D eigenvalue weighted by Gasteiger charge is 2.04. The number of rotatable bonds is 1. The Morgan fingerprint density at radius 3 is 2.69 bits per heavy atom. The molecule has 1 nitrogen and oxygen atoms in total. The molecule has 0 spiro atoms. The standard InChI is InChI=1S/C15H19N/c1-12-7-9-14(10-8-12)15-6-4-3-5-13(2)11-16-15/h6-11,13H,3-5H2,1-2H3/b15-6-,16-11?. The predicted molar refractivity (Wildman–Crippen MR) is 70.7 cm³/mol. The van der Waals surface area contributed by atoms with Crippen molar-refractivity contribution in [1.82, 2.24) is 0 Å². The van der Waals surface area contributed by atoms with Crippen LogP contribution in [-0.4, -0.2) is 6.21 Å². The number of aliphatic imine (C=N–C) groups is 1. The number of nitrogens with zero attached hydrogens (tertiary/aromatic N) is 1. The van der Waals surface area contributed by atoms with Crippen molar-refractivity contribution < 1.29 is 0 Å². The van der Waals surface area contributed by atoms with Crippen LogP contribution in [0.5, 0.6) is 0 Å². The van der Waals surface area contributed by atoms with Crippen LogP contribution in [0.25, 0.3) is 5.70 Å². The van der Waals surface area contributed by atoms with E-state index in [1.165, 1.54) is 24.0 Å². The third-order valence-corrected chi connectivity index (χ3v) is 3.02. The molecule has 0 amide bonds. The Labute approximate surface area is 97.9 Å². The molecule has 1 heterocycles. The molecule has 0 bridgehead atoms. The van der Waals surface area contributed by atoms with Gasteiger partial charge in [-0.05, 0) is 37.7 Å². The van der Waals surface area contributed by atoms with E-state index in [0.717, 1.165) is 12.1 Å². The van der Waals surface area contributed by atoms with Gasteiger partial charge in [-0.2, -0.15) is 0 Å². The fourth-order valence-corrected chi connectivity index (χ4v) is 1.93. The minimum atomic E-state index is 0.606. The van der Waals surface area contributed by atoms with Gasteiger partial charge in [0.1, 0.15) is 0 Å². The lowest BCUT2D eigenvalue weighted by molar-refractivity contribution is 0.647. The third-order valence-electron chi connectivity index (χ3n) is 3.02. The maximum Gasteiger partial charge on any atom is 0.0658 e. The monoisotopic (exact) mass is 213 g/mol. The van der Waals surface area contributed by atoms with Gasteiger partial charge in [0.05, 0.1) is 5.70 Å². The predicted octanol–water partition coefficient (Wildman–Crippen LogP) is 4.23. The molecule has 16 heavy (non-hydrogen) atoms. The fraction of sp³-hybridized carbons (Fsp3) is 0.400. The van der Waals surface area contributed by atoms with Crippen molar-refractivity contribution in [3.05, 3.63) is 41.5 Å². The van der Waals surface area contributed by atoms with Crippen molar-refractivity contribution in [3.63, 3.8) is 0 Å². The van der Waals surface area contributed by atoms with Crippen LogP contribution in [0.15, 0.2) is 35.3 Å².